The lowest BCUT2D eigenvalue weighted by molar-refractivity contribution is -0.0559. The summed E-state index contributed by atoms with van der Waals surface area (Å²) < 4.78 is 33.4. The molecule has 0 spiro atoms. The van der Waals surface area contributed by atoms with Crippen LogP contribution in [0.15, 0.2) is 21.9 Å². The van der Waals surface area contributed by atoms with E-state index in [9.17, 15) is 19.8 Å². The van der Waals surface area contributed by atoms with Gasteiger partial charge in [0.2, 0.25) is 5.78 Å². The van der Waals surface area contributed by atoms with Gasteiger partial charge in [-0.3, -0.25) is 14.5 Å². The van der Waals surface area contributed by atoms with Gasteiger partial charge in [0, 0.05) is 29.7 Å². The zero-order valence-electron chi connectivity index (χ0n) is 27.2. The number of aromatic nitrogens is 1. The minimum atomic E-state index is -2.44. The molecule has 2 aromatic rings. The molecular formula is C34H46FN3O7. The molecule has 5 rings (SSSR count). The molecule has 0 radical (unpaired) electrons. The van der Waals surface area contributed by atoms with Crippen molar-refractivity contribution >= 4 is 17.3 Å². The molecule has 3 aliphatic carbocycles. The van der Waals surface area contributed by atoms with E-state index in [1.54, 1.807) is 19.0 Å². The summed E-state index contributed by atoms with van der Waals surface area (Å²) in [6.07, 6.45) is 4.22. The van der Waals surface area contributed by atoms with Gasteiger partial charge in [-0.2, -0.15) is 0 Å². The Hall–Kier alpha value is -3.44. The number of fused-ring (bicyclic) bond motifs is 4. The molecule has 1 aromatic heterocycles. The van der Waals surface area contributed by atoms with E-state index in [0.29, 0.717) is 31.4 Å². The summed E-state index contributed by atoms with van der Waals surface area (Å²) in [5, 5.41) is 31.4. The Kier molecular flexibility index (Phi) is 9.60. The van der Waals surface area contributed by atoms with Gasteiger partial charge in [-0.1, -0.05) is 40.5 Å². The van der Waals surface area contributed by atoms with Crippen molar-refractivity contribution in [2.75, 3.05) is 39.2 Å². The number of benzene rings is 1. The number of rotatable bonds is 13. The summed E-state index contributed by atoms with van der Waals surface area (Å²) in [6, 6.07) is 0.707. The van der Waals surface area contributed by atoms with Crippen molar-refractivity contribution in [3.05, 3.63) is 45.7 Å². The molecular weight excluding hydrogens is 581 g/mol. The molecule has 45 heavy (non-hydrogen) atoms. The summed E-state index contributed by atoms with van der Waals surface area (Å²) >= 11 is 0. The van der Waals surface area contributed by atoms with E-state index in [0.717, 1.165) is 32.1 Å². The van der Waals surface area contributed by atoms with Crippen LogP contribution in [0.1, 0.15) is 104 Å². The van der Waals surface area contributed by atoms with Gasteiger partial charge in [0.15, 0.2) is 22.9 Å². The fourth-order valence-electron chi connectivity index (χ4n) is 6.95. The summed E-state index contributed by atoms with van der Waals surface area (Å²) in [5.74, 6) is -3.43. The third-order valence-corrected chi connectivity index (χ3v) is 9.34. The summed E-state index contributed by atoms with van der Waals surface area (Å²) in [4.78, 5) is 30.3. The van der Waals surface area contributed by atoms with Gasteiger partial charge in [-0.25, -0.2) is 4.39 Å². The molecule has 0 amide bonds. The van der Waals surface area contributed by atoms with E-state index in [1.807, 2.05) is 13.8 Å². The van der Waals surface area contributed by atoms with Gasteiger partial charge in [-0.15, -0.1) is 0 Å². The van der Waals surface area contributed by atoms with E-state index in [-0.39, 0.29) is 52.5 Å². The van der Waals surface area contributed by atoms with Crippen LogP contribution in [0.3, 0.4) is 0 Å². The first-order valence-corrected chi connectivity index (χ1v) is 16.2. The number of nitrogens with one attached hydrogen (secondary N) is 1. The molecule has 0 unspecified atom stereocenters. The van der Waals surface area contributed by atoms with Crippen molar-refractivity contribution in [2.24, 2.45) is 17.8 Å². The number of halogens is 1. The van der Waals surface area contributed by atoms with Crippen molar-refractivity contribution in [3.63, 3.8) is 0 Å². The van der Waals surface area contributed by atoms with Crippen molar-refractivity contribution in [2.45, 2.75) is 84.3 Å². The molecule has 0 fully saturated rings. The molecule has 0 bridgehead atoms. The maximum atomic E-state index is 15.8. The van der Waals surface area contributed by atoms with Crippen LogP contribution in [-0.2, 0) is 6.42 Å². The molecule has 4 atom stereocenters. The minimum absolute atomic E-state index is 0.0275. The highest BCUT2D eigenvalue weighted by Crippen LogP contribution is 2.57. The number of aliphatic hydroxyl groups excluding tert-OH is 1. The normalized spacial score (nSPS) is 24.0. The van der Waals surface area contributed by atoms with Crippen molar-refractivity contribution in [3.8, 4) is 11.6 Å². The summed E-state index contributed by atoms with van der Waals surface area (Å²) in [7, 11) is 3.55. The number of hydrogen-bond donors (Lipinski definition) is 3. The number of Topliss-reactive ketones (excluding diaryl/α,β-unsaturated/α-hetero) is 2. The zero-order valence-corrected chi connectivity index (χ0v) is 27.2. The summed E-state index contributed by atoms with van der Waals surface area (Å²) in [6.45, 7) is 9.36. The fraction of sp³-hybridized carbons (Fsp3) is 0.618. The fourth-order valence-corrected chi connectivity index (χ4v) is 6.95. The number of unbranched alkanes of at least 4 members (excludes halogenated alkanes) is 2. The largest absolute Gasteiger partial charge is 0.508 e. The average Bonchev–Trinajstić information content (AvgIpc) is 3.39. The van der Waals surface area contributed by atoms with Gasteiger partial charge in [0.1, 0.15) is 17.1 Å². The van der Waals surface area contributed by atoms with Crippen LogP contribution in [0, 0.1) is 23.6 Å². The number of nitrogens with zero attached hydrogens (tertiary/aromatic N) is 2. The van der Waals surface area contributed by atoms with E-state index in [1.165, 1.54) is 6.07 Å². The molecule has 0 saturated carbocycles. The number of carbonyl (C=O) groups excluding carboxylic acids is 2. The monoisotopic (exact) mass is 627 g/mol. The Balaban J connectivity index is 1.63. The first kappa shape index (κ1) is 32.9. The zero-order chi connectivity index (χ0) is 32.6. The number of aliphatic hydroxyl groups is 2. The van der Waals surface area contributed by atoms with Crippen LogP contribution >= 0.6 is 0 Å². The van der Waals surface area contributed by atoms with E-state index in [4.69, 9.17) is 14.0 Å². The second-order valence-corrected chi connectivity index (χ2v) is 13.2. The topological polar surface area (TPSA) is 134 Å². The first-order valence-electron chi connectivity index (χ1n) is 16.2. The SMILES string of the molecule is CCCCOc1noc2c1C(=O)[C@@]1(O)C(O)=C3C(=O)c4c(c(F)cc(NCCC(C)C)c4OCCCC)C[C@H]3C[C@H]1[C@@H]2N(C)C. The highest BCUT2D eigenvalue weighted by Gasteiger charge is 2.64. The molecule has 3 N–H and O–H groups in total. The number of anilines is 1. The average molecular weight is 628 g/mol. The van der Waals surface area contributed by atoms with E-state index in [2.05, 4.69) is 24.3 Å². The Morgan fingerprint density at radius 2 is 1.84 bits per heavy atom. The lowest BCUT2D eigenvalue weighted by Crippen LogP contribution is -2.59. The highest BCUT2D eigenvalue weighted by atomic mass is 19.1. The van der Waals surface area contributed by atoms with Gasteiger partial charge in [0.05, 0.1) is 30.5 Å². The standard InChI is InChI=1S/C34H46FN3O7/c1-7-9-13-43-29-23(36-12-11-18(3)4)17-22(35)20-15-19-16-21-27(38(5)6)30-26(33(37-45-30)44-14-10-8-2)32(41)34(21,42)31(40)24(19)28(39)25(20)29/h17-19,21,27,36,40,42H,7-16H2,1-6H3/t19-,21-,27-,34-/m0/s1. The minimum Gasteiger partial charge on any atom is -0.508 e. The second-order valence-electron chi connectivity index (χ2n) is 13.2. The third-order valence-electron chi connectivity index (χ3n) is 9.34. The Labute approximate surface area is 263 Å². The van der Waals surface area contributed by atoms with Gasteiger partial charge >= 0.3 is 0 Å². The predicted molar refractivity (Wildman–Crippen MR) is 167 cm³/mol. The van der Waals surface area contributed by atoms with Gasteiger partial charge in [-0.05, 0) is 63.2 Å². The Morgan fingerprint density at radius 3 is 2.49 bits per heavy atom. The molecule has 3 aliphatic rings. The quantitative estimate of drug-likeness (QED) is 0.226. The van der Waals surface area contributed by atoms with Gasteiger partial charge < -0.3 is 29.5 Å². The lowest BCUT2D eigenvalue weighted by atomic mass is 9.58. The second kappa shape index (κ2) is 13.1. The van der Waals surface area contributed by atoms with Gasteiger partial charge in [0.25, 0.3) is 5.88 Å². The third kappa shape index (κ3) is 5.62. The molecule has 0 aliphatic heterocycles. The van der Waals surface area contributed by atoms with Crippen LogP contribution in [0.25, 0.3) is 0 Å². The molecule has 1 aromatic carbocycles. The van der Waals surface area contributed by atoms with E-state index < -0.39 is 46.6 Å². The number of hydrogen-bond acceptors (Lipinski definition) is 10. The Morgan fingerprint density at radius 1 is 1.16 bits per heavy atom. The van der Waals surface area contributed by atoms with Crippen molar-refractivity contribution < 1.29 is 38.2 Å². The highest BCUT2D eigenvalue weighted by molar-refractivity contribution is 6.16. The van der Waals surface area contributed by atoms with Crippen LogP contribution < -0.4 is 14.8 Å². The number of ketones is 2. The maximum absolute atomic E-state index is 15.8. The van der Waals surface area contributed by atoms with Crippen molar-refractivity contribution in [1.82, 2.24) is 10.1 Å². The number of allylic oxidation sites excluding steroid dienone is 1. The van der Waals surface area contributed by atoms with E-state index >= 15 is 4.39 Å². The predicted octanol–water partition coefficient (Wildman–Crippen LogP) is 6.05. The van der Waals surface area contributed by atoms with Crippen LogP contribution in [0.4, 0.5) is 10.1 Å². The lowest BCUT2D eigenvalue weighted by Gasteiger charge is -2.49. The maximum Gasteiger partial charge on any atom is 0.265 e. The Bertz CT molecular complexity index is 1480. The molecule has 1 heterocycles. The van der Waals surface area contributed by atoms with Crippen molar-refractivity contribution in [1.29, 1.82) is 0 Å². The number of ether oxygens (including phenoxy) is 2. The van der Waals surface area contributed by atoms with Crippen LogP contribution in [0.2, 0.25) is 0 Å². The molecule has 246 valence electrons. The summed E-state index contributed by atoms with van der Waals surface area (Å²) in [5.41, 5.74) is -1.96. The molecule has 11 heteroatoms. The smallest absolute Gasteiger partial charge is 0.265 e. The molecule has 0 saturated heterocycles. The van der Waals surface area contributed by atoms with Crippen LogP contribution in [-0.4, -0.2) is 71.3 Å². The van der Waals surface area contributed by atoms with Crippen LogP contribution in [0.5, 0.6) is 11.6 Å². The number of carbonyl (C=O) groups is 2. The first-order chi connectivity index (χ1) is 21.5. The molecule has 10 nitrogen and oxygen atoms in total.